The molecule has 0 saturated heterocycles. The fourth-order valence-electron chi connectivity index (χ4n) is 1.36. The summed E-state index contributed by atoms with van der Waals surface area (Å²) in [4.78, 5) is 18.9. The van der Waals surface area contributed by atoms with Gasteiger partial charge in [-0.2, -0.15) is 0 Å². The lowest BCUT2D eigenvalue weighted by atomic mass is 10.2. The molecule has 0 fully saturated rings. The average molecular weight is 205 g/mol. The van der Waals surface area contributed by atoms with Crippen LogP contribution in [0, 0.1) is 6.92 Å². The van der Waals surface area contributed by atoms with E-state index in [1.807, 2.05) is 25.4 Å². The molecule has 0 saturated carbocycles. The first-order valence-corrected chi connectivity index (χ1v) is 4.68. The van der Waals surface area contributed by atoms with Crippen molar-refractivity contribution in [2.24, 2.45) is 0 Å². The third-order valence-electron chi connectivity index (χ3n) is 2.11. The topological polar surface area (TPSA) is 67.5 Å². The first-order chi connectivity index (χ1) is 7.15. The molecule has 1 N–H and O–H groups in total. The lowest BCUT2D eigenvalue weighted by Gasteiger charge is -1.91. The highest BCUT2D eigenvalue weighted by Crippen LogP contribution is 2.05. The Hall–Kier alpha value is -1.91. The van der Waals surface area contributed by atoms with Gasteiger partial charge in [0, 0.05) is 24.5 Å². The number of aromatic nitrogens is 3. The predicted molar refractivity (Wildman–Crippen MR) is 53.7 cm³/mol. The van der Waals surface area contributed by atoms with Crippen LogP contribution in [0.25, 0.3) is 5.78 Å². The van der Waals surface area contributed by atoms with Gasteiger partial charge in [0.25, 0.3) is 0 Å². The summed E-state index contributed by atoms with van der Waals surface area (Å²) >= 11 is 0. The van der Waals surface area contributed by atoms with Crippen molar-refractivity contribution in [3.63, 3.8) is 0 Å². The Morgan fingerprint density at radius 1 is 1.53 bits per heavy atom. The van der Waals surface area contributed by atoms with Gasteiger partial charge in [-0.3, -0.25) is 9.20 Å². The van der Waals surface area contributed by atoms with Crippen LogP contribution in [0.2, 0.25) is 0 Å². The second kappa shape index (κ2) is 3.68. The zero-order chi connectivity index (χ0) is 10.8. The Kier molecular flexibility index (Phi) is 2.37. The van der Waals surface area contributed by atoms with E-state index in [-0.39, 0.29) is 6.42 Å². The smallest absolute Gasteiger partial charge is 0.303 e. The van der Waals surface area contributed by atoms with Crippen LogP contribution in [0.15, 0.2) is 18.5 Å². The molecular formula is C10H11N3O2. The minimum absolute atomic E-state index is 0.100. The molecular weight excluding hydrogens is 194 g/mol. The monoisotopic (exact) mass is 205 g/mol. The molecule has 5 nitrogen and oxygen atoms in total. The van der Waals surface area contributed by atoms with Gasteiger partial charge < -0.3 is 5.11 Å². The lowest BCUT2D eigenvalue weighted by molar-refractivity contribution is -0.136. The number of imidazole rings is 1. The van der Waals surface area contributed by atoms with Crippen molar-refractivity contribution in [1.82, 2.24) is 14.4 Å². The average Bonchev–Trinajstić information content (AvgIpc) is 2.56. The van der Waals surface area contributed by atoms with E-state index >= 15 is 0 Å². The van der Waals surface area contributed by atoms with E-state index in [0.29, 0.717) is 12.2 Å². The Bertz CT molecular complexity index is 504. The fraction of sp³-hybridized carbons (Fsp3) is 0.300. The number of rotatable bonds is 3. The molecule has 0 spiro atoms. The molecule has 2 heterocycles. The predicted octanol–water partition coefficient (Wildman–Crippen LogP) is 1.05. The van der Waals surface area contributed by atoms with E-state index < -0.39 is 5.97 Å². The summed E-state index contributed by atoms with van der Waals surface area (Å²) in [6, 6.07) is 1.88. The molecule has 0 amide bonds. The van der Waals surface area contributed by atoms with Crippen LogP contribution in [0.4, 0.5) is 0 Å². The van der Waals surface area contributed by atoms with Gasteiger partial charge in [0.15, 0.2) is 0 Å². The Morgan fingerprint density at radius 2 is 2.33 bits per heavy atom. The first-order valence-electron chi connectivity index (χ1n) is 4.68. The third-order valence-corrected chi connectivity index (χ3v) is 2.11. The Balaban J connectivity index is 2.27. The van der Waals surface area contributed by atoms with Crippen molar-refractivity contribution < 1.29 is 9.90 Å². The molecule has 15 heavy (non-hydrogen) atoms. The summed E-state index contributed by atoms with van der Waals surface area (Å²) in [5.74, 6) is -0.188. The summed E-state index contributed by atoms with van der Waals surface area (Å²) in [5.41, 5.74) is 1.66. The van der Waals surface area contributed by atoms with Crippen LogP contribution in [0.5, 0.6) is 0 Å². The molecule has 0 radical (unpaired) electrons. The molecule has 0 aromatic carbocycles. The molecule has 5 heteroatoms. The van der Waals surface area contributed by atoms with Crippen molar-refractivity contribution in [1.29, 1.82) is 0 Å². The van der Waals surface area contributed by atoms with Gasteiger partial charge in [-0.05, 0) is 13.0 Å². The minimum Gasteiger partial charge on any atom is -0.481 e. The summed E-state index contributed by atoms with van der Waals surface area (Å²) < 4.78 is 1.80. The number of carboxylic acid groups (broad SMARTS) is 1. The van der Waals surface area contributed by atoms with Gasteiger partial charge >= 0.3 is 5.97 Å². The highest BCUT2D eigenvalue weighted by Gasteiger charge is 2.04. The van der Waals surface area contributed by atoms with Crippen LogP contribution in [0.3, 0.4) is 0 Å². The largest absolute Gasteiger partial charge is 0.481 e. The van der Waals surface area contributed by atoms with Crippen LogP contribution >= 0.6 is 0 Å². The Morgan fingerprint density at radius 3 is 3.07 bits per heavy atom. The Labute approximate surface area is 86.4 Å². The highest BCUT2D eigenvalue weighted by molar-refractivity contribution is 5.67. The van der Waals surface area contributed by atoms with E-state index in [4.69, 9.17) is 5.11 Å². The van der Waals surface area contributed by atoms with Crippen LogP contribution in [-0.2, 0) is 11.2 Å². The zero-order valence-corrected chi connectivity index (χ0v) is 8.34. The molecule has 0 aliphatic rings. The van der Waals surface area contributed by atoms with E-state index in [9.17, 15) is 4.79 Å². The third kappa shape index (κ3) is 2.12. The number of hydrogen-bond acceptors (Lipinski definition) is 3. The highest BCUT2D eigenvalue weighted by atomic mass is 16.4. The first kappa shape index (κ1) is 9.64. The van der Waals surface area contributed by atoms with Crippen LogP contribution in [-0.4, -0.2) is 25.4 Å². The van der Waals surface area contributed by atoms with E-state index in [0.717, 1.165) is 11.4 Å². The molecule has 2 aromatic heterocycles. The number of aliphatic carboxylic acids is 1. The van der Waals surface area contributed by atoms with Crippen LogP contribution in [0.1, 0.15) is 17.8 Å². The van der Waals surface area contributed by atoms with Gasteiger partial charge in [0.2, 0.25) is 5.78 Å². The standard InChI is InChI=1S/C10H11N3O2/c1-7-4-5-13-6-8(2-3-9(14)15)12-10(13)11-7/h4-6H,2-3H2,1H3,(H,14,15). The maximum Gasteiger partial charge on any atom is 0.303 e. The van der Waals surface area contributed by atoms with Crippen molar-refractivity contribution >= 4 is 11.7 Å². The van der Waals surface area contributed by atoms with Gasteiger partial charge in [-0.25, -0.2) is 9.97 Å². The summed E-state index contributed by atoms with van der Waals surface area (Å²) in [6.07, 6.45) is 4.22. The molecule has 0 aliphatic carbocycles. The van der Waals surface area contributed by atoms with Crippen molar-refractivity contribution in [3.8, 4) is 0 Å². The van der Waals surface area contributed by atoms with Gasteiger partial charge in [-0.15, -0.1) is 0 Å². The van der Waals surface area contributed by atoms with Crippen LogP contribution < -0.4 is 0 Å². The second-order valence-corrected chi connectivity index (χ2v) is 3.40. The van der Waals surface area contributed by atoms with Crippen molar-refractivity contribution in [2.75, 3.05) is 0 Å². The summed E-state index contributed by atoms with van der Waals surface area (Å²) in [6.45, 7) is 1.89. The molecule has 0 unspecified atom stereocenters. The number of aryl methyl sites for hydroxylation is 2. The maximum absolute atomic E-state index is 10.4. The van der Waals surface area contributed by atoms with Crippen molar-refractivity contribution in [2.45, 2.75) is 19.8 Å². The zero-order valence-electron chi connectivity index (χ0n) is 8.34. The van der Waals surface area contributed by atoms with Gasteiger partial charge in [0.05, 0.1) is 12.1 Å². The number of carboxylic acids is 1. The molecule has 0 atom stereocenters. The second-order valence-electron chi connectivity index (χ2n) is 3.40. The van der Waals surface area contributed by atoms with E-state index in [1.165, 1.54) is 0 Å². The maximum atomic E-state index is 10.4. The normalized spacial score (nSPS) is 10.7. The number of carbonyl (C=O) groups is 1. The van der Waals surface area contributed by atoms with Gasteiger partial charge in [0.1, 0.15) is 0 Å². The SMILES string of the molecule is Cc1ccn2cc(CCC(=O)O)nc2n1. The lowest BCUT2D eigenvalue weighted by Crippen LogP contribution is -1.97. The molecule has 78 valence electrons. The van der Waals surface area contributed by atoms with Crippen molar-refractivity contribution in [3.05, 3.63) is 29.8 Å². The quantitative estimate of drug-likeness (QED) is 0.813. The van der Waals surface area contributed by atoms with Gasteiger partial charge in [-0.1, -0.05) is 0 Å². The fourth-order valence-corrected chi connectivity index (χ4v) is 1.36. The molecule has 0 aliphatic heterocycles. The summed E-state index contributed by atoms with van der Waals surface area (Å²) in [5, 5.41) is 8.54. The summed E-state index contributed by atoms with van der Waals surface area (Å²) in [7, 11) is 0. The minimum atomic E-state index is -0.809. The number of fused-ring (bicyclic) bond motifs is 1. The van der Waals surface area contributed by atoms with E-state index in [1.54, 1.807) is 4.40 Å². The van der Waals surface area contributed by atoms with E-state index in [2.05, 4.69) is 9.97 Å². The molecule has 0 bridgehead atoms. The number of hydrogen-bond donors (Lipinski definition) is 1. The molecule has 2 aromatic rings. The molecule has 2 rings (SSSR count). The number of nitrogens with zero attached hydrogens (tertiary/aromatic N) is 3.